The van der Waals surface area contributed by atoms with E-state index in [4.69, 9.17) is 9.97 Å². The summed E-state index contributed by atoms with van der Waals surface area (Å²) in [5.41, 5.74) is 10.5. The van der Waals surface area contributed by atoms with Crippen LogP contribution < -0.4 is 0 Å². The van der Waals surface area contributed by atoms with E-state index >= 15 is 0 Å². The predicted molar refractivity (Wildman–Crippen MR) is 180 cm³/mol. The topological polar surface area (TPSA) is 25.8 Å². The van der Waals surface area contributed by atoms with E-state index in [9.17, 15) is 0 Å². The van der Waals surface area contributed by atoms with Crippen molar-refractivity contribution in [3.8, 4) is 33.6 Å². The molecular formula is C41H28N2. The molecule has 0 atom stereocenters. The van der Waals surface area contributed by atoms with Gasteiger partial charge in [0, 0.05) is 33.5 Å². The standard InChI is InChI=1S/C41H28N2/c1-41(2)34-18-10-9-17-33(34)40-39(41)38(37-28-14-6-5-11-25(28)19-22-35(37)43-40)32-21-20-31(29-15-7-8-16-30(29)32)36-23-26-12-3-4-13-27(26)24-42-36/h3-24H,1-2H3. The lowest BCUT2D eigenvalue weighted by Crippen LogP contribution is -2.17. The molecule has 1 aliphatic carbocycles. The van der Waals surface area contributed by atoms with Gasteiger partial charge in [-0.15, -0.1) is 0 Å². The van der Waals surface area contributed by atoms with Gasteiger partial charge in [-0.2, -0.15) is 0 Å². The van der Waals surface area contributed by atoms with Gasteiger partial charge in [-0.3, -0.25) is 4.98 Å². The Morgan fingerprint density at radius 2 is 1.19 bits per heavy atom. The van der Waals surface area contributed by atoms with Gasteiger partial charge in [-0.25, -0.2) is 4.98 Å². The van der Waals surface area contributed by atoms with Gasteiger partial charge in [0.1, 0.15) is 0 Å². The van der Waals surface area contributed by atoms with Crippen LogP contribution >= 0.6 is 0 Å². The van der Waals surface area contributed by atoms with Gasteiger partial charge in [0.15, 0.2) is 0 Å². The zero-order valence-corrected chi connectivity index (χ0v) is 24.1. The molecule has 0 N–H and O–H groups in total. The van der Waals surface area contributed by atoms with E-state index in [1.165, 1.54) is 60.1 Å². The average molecular weight is 549 g/mol. The molecule has 1 aliphatic rings. The van der Waals surface area contributed by atoms with Gasteiger partial charge in [0.2, 0.25) is 0 Å². The van der Waals surface area contributed by atoms with Crippen molar-refractivity contribution in [2.24, 2.45) is 0 Å². The number of hydrogen-bond acceptors (Lipinski definition) is 2. The van der Waals surface area contributed by atoms with E-state index in [1.54, 1.807) is 0 Å². The highest BCUT2D eigenvalue weighted by Crippen LogP contribution is 2.54. The highest BCUT2D eigenvalue weighted by Gasteiger charge is 2.40. The molecule has 2 heteroatoms. The zero-order chi connectivity index (χ0) is 28.7. The van der Waals surface area contributed by atoms with E-state index in [1.807, 2.05) is 6.20 Å². The predicted octanol–water partition coefficient (Wildman–Crippen LogP) is 10.7. The van der Waals surface area contributed by atoms with Crippen LogP contribution in [0, 0.1) is 0 Å². The van der Waals surface area contributed by atoms with Crippen molar-refractivity contribution in [3.05, 3.63) is 145 Å². The van der Waals surface area contributed by atoms with Crippen molar-refractivity contribution in [2.45, 2.75) is 19.3 Å². The quantitative estimate of drug-likeness (QED) is 0.201. The fourth-order valence-electron chi connectivity index (χ4n) is 7.45. The fraction of sp³-hybridized carbons (Fsp3) is 0.0732. The van der Waals surface area contributed by atoms with Crippen LogP contribution in [-0.2, 0) is 5.41 Å². The van der Waals surface area contributed by atoms with Crippen molar-refractivity contribution in [2.75, 3.05) is 0 Å². The molecule has 0 saturated carbocycles. The molecule has 9 rings (SSSR count). The molecule has 0 aliphatic heterocycles. The zero-order valence-electron chi connectivity index (χ0n) is 24.1. The third-order valence-corrected chi connectivity index (χ3v) is 9.46. The number of benzene rings is 6. The summed E-state index contributed by atoms with van der Waals surface area (Å²) in [5, 5.41) is 8.47. The molecular weight excluding hydrogens is 520 g/mol. The number of aromatic nitrogens is 2. The average Bonchev–Trinajstić information content (AvgIpc) is 3.29. The monoisotopic (exact) mass is 548 g/mol. The molecule has 2 aromatic heterocycles. The van der Waals surface area contributed by atoms with Gasteiger partial charge < -0.3 is 0 Å². The maximum absolute atomic E-state index is 5.39. The number of nitrogens with zero attached hydrogens (tertiary/aromatic N) is 2. The normalized spacial score (nSPS) is 13.5. The summed E-state index contributed by atoms with van der Waals surface area (Å²) in [6.45, 7) is 4.71. The molecule has 0 fully saturated rings. The summed E-state index contributed by atoms with van der Waals surface area (Å²) >= 11 is 0. The number of pyridine rings is 2. The Morgan fingerprint density at radius 1 is 0.535 bits per heavy atom. The fourth-order valence-corrected chi connectivity index (χ4v) is 7.45. The first kappa shape index (κ1) is 24.3. The largest absolute Gasteiger partial charge is 0.256 e. The highest BCUT2D eigenvalue weighted by atomic mass is 14.7. The molecule has 0 bridgehead atoms. The third kappa shape index (κ3) is 3.41. The van der Waals surface area contributed by atoms with Crippen LogP contribution in [0.15, 0.2) is 134 Å². The summed E-state index contributed by atoms with van der Waals surface area (Å²) in [5.74, 6) is 0. The molecule has 43 heavy (non-hydrogen) atoms. The first-order chi connectivity index (χ1) is 21.1. The lowest BCUT2D eigenvalue weighted by molar-refractivity contribution is 0.662. The lowest BCUT2D eigenvalue weighted by Gasteiger charge is -2.26. The van der Waals surface area contributed by atoms with Crippen LogP contribution in [0.25, 0.3) is 76.9 Å². The van der Waals surface area contributed by atoms with Crippen LogP contribution in [-0.4, -0.2) is 9.97 Å². The van der Waals surface area contributed by atoms with Crippen molar-refractivity contribution < 1.29 is 0 Å². The van der Waals surface area contributed by atoms with E-state index in [0.717, 1.165) is 27.9 Å². The van der Waals surface area contributed by atoms with Gasteiger partial charge in [-0.1, -0.05) is 129 Å². The molecule has 0 spiro atoms. The molecule has 0 radical (unpaired) electrons. The summed E-state index contributed by atoms with van der Waals surface area (Å²) < 4.78 is 0. The molecule has 2 nitrogen and oxygen atoms in total. The Bertz CT molecular complexity index is 2430. The van der Waals surface area contributed by atoms with E-state index in [0.29, 0.717) is 0 Å². The minimum atomic E-state index is -0.209. The van der Waals surface area contributed by atoms with Crippen LogP contribution in [0.5, 0.6) is 0 Å². The van der Waals surface area contributed by atoms with E-state index < -0.39 is 0 Å². The maximum atomic E-state index is 5.39. The maximum Gasteiger partial charge on any atom is 0.0759 e. The Hall–Kier alpha value is -5.34. The first-order valence-corrected chi connectivity index (χ1v) is 14.9. The van der Waals surface area contributed by atoms with Crippen molar-refractivity contribution in [1.29, 1.82) is 0 Å². The summed E-state index contributed by atoms with van der Waals surface area (Å²) in [7, 11) is 0. The second-order valence-corrected chi connectivity index (χ2v) is 12.2. The Balaban J connectivity index is 1.42. The van der Waals surface area contributed by atoms with Crippen LogP contribution in [0.2, 0.25) is 0 Å². The van der Waals surface area contributed by atoms with Crippen LogP contribution in [0.1, 0.15) is 25.0 Å². The van der Waals surface area contributed by atoms with Crippen molar-refractivity contribution in [1.82, 2.24) is 9.97 Å². The Kier molecular flexibility index (Phi) is 4.99. The molecule has 0 saturated heterocycles. The summed E-state index contributed by atoms with van der Waals surface area (Å²) in [6, 6.07) is 46.0. The number of fused-ring (bicyclic) bond motifs is 8. The third-order valence-electron chi connectivity index (χ3n) is 9.46. The molecule has 202 valence electrons. The molecule has 0 unspecified atom stereocenters. The molecule has 0 amide bonds. The highest BCUT2D eigenvalue weighted by molar-refractivity contribution is 6.19. The summed E-state index contributed by atoms with van der Waals surface area (Å²) in [6.07, 6.45) is 1.99. The number of hydrogen-bond donors (Lipinski definition) is 0. The second kappa shape index (κ2) is 8.83. The van der Waals surface area contributed by atoms with E-state index in [-0.39, 0.29) is 5.41 Å². The Labute approximate surface area is 250 Å². The van der Waals surface area contributed by atoms with Gasteiger partial charge in [0.25, 0.3) is 0 Å². The smallest absolute Gasteiger partial charge is 0.0759 e. The lowest BCUT2D eigenvalue weighted by atomic mass is 9.77. The second-order valence-electron chi connectivity index (χ2n) is 12.2. The molecule has 8 aromatic rings. The first-order valence-electron chi connectivity index (χ1n) is 14.9. The van der Waals surface area contributed by atoms with Crippen molar-refractivity contribution >= 4 is 43.2 Å². The SMILES string of the molecule is CC1(C)c2ccccc2-c2nc3ccc4ccccc4c3c(-c3ccc(-c4cc5ccccc5cn4)c4ccccc34)c21. The molecule has 2 heterocycles. The van der Waals surface area contributed by atoms with Gasteiger partial charge in [0.05, 0.1) is 16.9 Å². The minimum Gasteiger partial charge on any atom is -0.256 e. The van der Waals surface area contributed by atoms with Crippen LogP contribution in [0.4, 0.5) is 0 Å². The van der Waals surface area contributed by atoms with Crippen molar-refractivity contribution in [3.63, 3.8) is 0 Å². The summed E-state index contributed by atoms with van der Waals surface area (Å²) in [4.78, 5) is 10.3. The minimum absolute atomic E-state index is 0.209. The van der Waals surface area contributed by atoms with Gasteiger partial charge in [-0.05, 0) is 61.3 Å². The van der Waals surface area contributed by atoms with Crippen LogP contribution in [0.3, 0.4) is 0 Å². The number of rotatable bonds is 2. The Morgan fingerprint density at radius 3 is 2.02 bits per heavy atom. The molecule has 6 aromatic carbocycles. The van der Waals surface area contributed by atoms with E-state index in [2.05, 4.69) is 141 Å². The van der Waals surface area contributed by atoms with Gasteiger partial charge >= 0.3 is 0 Å².